The summed E-state index contributed by atoms with van der Waals surface area (Å²) in [5.41, 5.74) is 6.24. The molecular weight excluding hydrogens is 290 g/mol. The van der Waals surface area contributed by atoms with Crippen LogP contribution in [0.15, 0.2) is 27.6 Å². The molecule has 0 aromatic heterocycles. The second kappa shape index (κ2) is 4.47. The molecule has 0 unspecified atom stereocenters. The summed E-state index contributed by atoms with van der Waals surface area (Å²) >= 11 is 3.37. The first-order valence-corrected chi connectivity index (χ1v) is 7.56. The summed E-state index contributed by atoms with van der Waals surface area (Å²) in [6.45, 7) is 3.75. The lowest BCUT2D eigenvalue weighted by Gasteiger charge is -2.21. The summed E-state index contributed by atoms with van der Waals surface area (Å²) in [7, 11) is -3.21. The second-order valence-electron chi connectivity index (χ2n) is 4.65. The molecule has 0 spiro atoms. The van der Waals surface area contributed by atoms with Crippen LogP contribution in [0.2, 0.25) is 0 Å². The van der Waals surface area contributed by atoms with Gasteiger partial charge in [0.05, 0.1) is 4.90 Å². The van der Waals surface area contributed by atoms with E-state index in [0.29, 0.717) is 11.3 Å². The Morgan fingerprint density at radius 3 is 2.38 bits per heavy atom. The number of nitrogens with two attached hydrogens (primary N) is 1. The third kappa shape index (κ3) is 3.57. The minimum absolute atomic E-state index is 0.348. The smallest absolute Gasteiger partial charge is 0.175 e. The number of halogens is 1. The van der Waals surface area contributed by atoms with Crippen LogP contribution in [0.3, 0.4) is 0 Å². The Bertz CT molecular complexity index is 489. The fraction of sp³-hybridized carbons (Fsp3) is 0.455. The van der Waals surface area contributed by atoms with Gasteiger partial charge in [-0.3, -0.25) is 0 Å². The van der Waals surface area contributed by atoms with E-state index >= 15 is 0 Å². The van der Waals surface area contributed by atoms with Crippen LogP contribution in [0.25, 0.3) is 0 Å². The molecule has 0 saturated heterocycles. The number of benzene rings is 1. The first-order chi connectivity index (χ1) is 7.11. The quantitative estimate of drug-likeness (QED) is 0.930. The van der Waals surface area contributed by atoms with Crippen LogP contribution in [0.4, 0.5) is 0 Å². The lowest BCUT2D eigenvalue weighted by molar-refractivity contribution is 0.510. The molecule has 0 amide bonds. The number of rotatable bonds is 3. The van der Waals surface area contributed by atoms with Crippen molar-refractivity contribution in [1.29, 1.82) is 0 Å². The highest BCUT2D eigenvalue weighted by molar-refractivity contribution is 9.10. The molecule has 5 heteroatoms. The van der Waals surface area contributed by atoms with Gasteiger partial charge in [0.15, 0.2) is 9.84 Å². The van der Waals surface area contributed by atoms with Crippen molar-refractivity contribution in [3.8, 4) is 0 Å². The van der Waals surface area contributed by atoms with E-state index in [1.54, 1.807) is 12.1 Å². The van der Waals surface area contributed by atoms with Crippen LogP contribution in [-0.4, -0.2) is 20.2 Å². The lowest BCUT2D eigenvalue weighted by Crippen LogP contribution is -2.35. The number of hydrogen-bond acceptors (Lipinski definition) is 3. The van der Waals surface area contributed by atoms with E-state index in [4.69, 9.17) is 5.73 Å². The standard InChI is InChI=1S/C11H16BrNO2S/c1-11(2,13)7-8-9(12)5-4-6-10(8)16(3,14)15/h4-6H,7,13H2,1-3H3. The second-order valence-corrected chi connectivity index (χ2v) is 7.49. The zero-order chi connectivity index (χ0) is 12.6. The zero-order valence-corrected chi connectivity index (χ0v) is 12.0. The molecule has 0 radical (unpaired) electrons. The Kier molecular flexibility index (Phi) is 3.82. The maximum Gasteiger partial charge on any atom is 0.175 e. The Labute approximate surface area is 105 Å². The maximum atomic E-state index is 11.6. The highest BCUT2D eigenvalue weighted by Crippen LogP contribution is 2.27. The Hall–Kier alpha value is -0.390. The highest BCUT2D eigenvalue weighted by atomic mass is 79.9. The van der Waals surface area contributed by atoms with Gasteiger partial charge in [-0.1, -0.05) is 22.0 Å². The van der Waals surface area contributed by atoms with Crippen LogP contribution in [0.5, 0.6) is 0 Å². The number of sulfone groups is 1. The van der Waals surface area contributed by atoms with Gasteiger partial charge in [0, 0.05) is 16.3 Å². The van der Waals surface area contributed by atoms with Crippen LogP contribution in [0, 0.1) is 0 Å². The lowest BCUT2D eigenvalue weighted by atomic mass is 9.96. The first kappa shape index (κ1) is 13.7. The monoisotopic (exact) mass is 305 g/mol. The van der Waals surface area contributed by atoms with Crippen LogP contribution >= 0.6 is 15.9 Å². The summed E-state index contributed by atoms with van der Waals surface area (Å²) in [5, 5.41) is 0. The van der Waals surface area contributed by atoms with Crippen molar-refractivity contribution in [2.75, 3.05) is 6.26 Å². The van der Waals surface area contributed by atoms with Crippen molar-refractivity contribution in [3.05, 3.63) is 28.2 Å². The molecule has 0 atom stereocenters. The average Bonchev–Trinajstić information content (AvgIpc) is 2.04. The molecule has 1 aromatic rings. The summed E-state index contributed by atoms with van der Waals surface area (Å²) in [6.07, 6.45) is 1.72. The molecule has 0 bridgehead atoms. The van der Waals surface area contributed by atoms with Gasteiger partial charge in [0.1, 0.15) is 0 Å². The normalized spacial score (nSPS) is 12.8. The maximum absolute atomic E-state index is 11.6. The molecule has 0 heterocycles. The molecule has 16 heavy (non-hydrogen) atoms. The van der Waals surface area contributed by atoms with Crippen molar-refractivity contribution >= 4 is 25.8 Å². The van der Waals surface area contributed by atoms with Gasteiger partial charge in [-0.25, -0.2) is 8.42 Å². The SMILES string of the molecule is CC(C)(N)Cc1c(Br)cccc1S(C)(=O)=O. The van der Waals surface area contributed by atoms with E-state index < -0.39 is 15.4 Å². The van der Waals surface area contributed by atoms with Gasteiger partial charge >= 0.3 is 0 Å². The molecule has 0 aliphatic rings. The zero-order valence-electron chi connectivity index (χ0n) is 9.62. The third-order valence-electron chi connectivity index (χ3n) is 2.11. The summed E-state index contributed by atoms with van der Waals surface area (Å²) < 4.78 is 24.0. The molecule has 0 aliphatic heterocycles. The Balaban J connectivity index is 3.36. The van der Waals surface area contributed by atoms with Gasteiger partial charge in [-0.05, 0) is 38.0 Å². The van der Waals surface area contributed by atoms with Crippen molar-refractivity contribution in [3.63, 3.8) is 0 Å². The average molecular weight is 306 g/mol. The molecule has 3 nitrogen and oxygen atoms in total. The van der Waals surface area contributed by atoms with Crippen molar-refractivity contribution in [2.45, 2.75) is 30.7 Å². The van der Waals surface area contributed by atoms with Gasteiger partial charge in [-0.15, -0.1) is 0 Å². The summed E-state index contributed by atoms with van der Waals surface area (Å²) in [5.74, 6) is 0. The molecule has 90 valence electrons. The Morgan fingerprint density at radius 2 is 1.94 bits per heavy atom. The van der Waals surface area contributed by atoms with Crippen LogP contribution < -0.4 is 5.73 Å². The van der Waals surface area contributed by atoms with Gasteiger partial charge < -0.3 is 5.73 Å². The fourth-order valence-electron chi connectivity index (χ4n) is 1.51. The Morgan fingerprint density at radius 1 is 1.38 bits per heavy atom. The van der Waals surface area contributed by atoms with Gasteiger partial charge in [0.25, 0.3) is 0 Å². The topological polar surface area (TPSA) is 60.2 Å². The van der Waals surface area contributed by atoms with Crippen LogP contribution in [-0.2, 0) is 16.3 Å². The number of hydrogen-bond donors (Lipinski definition) is 1. The van der Waals surface area contributed by atoms with E-state index in [1.807, 2.05) is 19.9 Å². The highest BCUT2D eigenvalue weighted by Gasteiger charge is 2.21. The summed E-state index contributed by atoms with van der Waals surface area (Å²) in [4.78, 5) is 0.348. The molecule has 1 aromatic carbocycles. The minimum atomic E-state index is -3.21. The largest absolute Gasteiger partial charge is 0.325 e. The third-order valence-corrected chi connectivity index (χ3v) is 4.03. The van der Waals surface area contributed by atoms with Crippen molar-refractivity contribution < 1.29 is 8.42 Å². The first-order valence-electron chi connectivity index (χ1n) is 4.87. The molecule has 1 rings (SSSR count). The van der Waals surface area contributed by atoms with E-state index in [9.17, 15) is 8.42 Å². The molecular formula is C11H16BrNO2S. The summed E-state index contributed by atoms with van der Waals surface area (Å²) in [6, 6.07) is 5.16. The molecule has 0 fully saturated rings. The van der Waals surface area contributed by atoms with Crippen molar-refractivity contribution in [1.82, 2.24) is 0 Å². The molecule has 0 saturated carbocycles. The fourth-order valence-corrected chi connectivity index (χ4v) is 3.11. The van der Waals surface area contributed by atoms with Gasteiger partial charge in [-0.2, -0.15) is 0 Å². The van der Waals surface area contributed by atoms with E-state index in [1.165, 1.54) is 6.26 Å². The predicted molar refractivity (Wildman–Crippen MR) is 69.2 cm³/mol. The molecule has 2 N–H and O–H groups in total. The van der Waals surface area contributed by atoms with Gasteiger partial charge in [0.2, 0.25) is 0 Å². The predicted octanol–water partition coefficient (Wildman–Crippen LogP) is 2.13. The van der Waals surface area contributed by atoms with E-state index in [2.05, 4.69) is 15.9 Å². The molecule has 0 aliphatic carbocycles. The van der Waals surface area contributed by atoms with E-state index in [-0.39, 0.29) is 0 Å². The van der Waals surface area contributed by atoms with E-state index in [0.717, 1.165) is 10.0 Å². The minimum Gasteiger partial charge on any atom is -0.325 e. The van der Waals surface area contributed by atoms with Crippen LogP contribution in [0.1, 0.15) is 19.4 Å². The van der Waals surface area contributed by atoms with Crippen molar-refractivity contribution in [2.24, 2.45) is 5.73 Å².